The summed E-state index contributed by atoms with van der Waals surface area (Å²) in [6.45, 7) is 9.89. The van der Waals surface area contributed by atoms with Crippen LogP contribution in [0.4, 0.5) is 0 Å². The Morgan fingerprint density at radius 1 is 1.11 bits per heavy atom. The highest BCUT2D eigenvalue weighted by molar-refractivity contribution is 6.00. The SMILES string of the molecule is CC1=CC(=O)[C@@](O)(Cc2ccc(C(C)=CCCC(C)C)c(O)c2)[C@@]2(C1)Oc1cc(C)cc(O)c1O2. The molecule has 6 heteroatoms. The summed E-state index contributed by atoms with van der Waals surface area (Å²) in [4.78, 5) is 13.2. The topological polar surface area (TPSA) is 96.2 Å². The second-order valence-electron chi connectivity index (χ2n) is 10.3. The Bertz CT molecular complexity index is 1220. The van der Waals surface area contributed by atoms with Gasteiger partial charge in [-0.2, -0.15) is 0 Å². The van der Waals surface area contributed by atoms with Gasteiger partial charge in [-0.3, -0.25) is 4.79 Å². The Hall–Kier alpha value is -3.25. The first kappa shape index (κ1) is 24.9. The number of fused-ring (bicyclic) bond motifs is 1. The second kappa shape index (κ2) is 9.08. The molecule has 1 aliphatic heterocycles. The minimum atomic E-state index is -2.07. The van der Waals surface area contributed by atoms with Crippen LogP contribution in [-0.2, 0) is 11.2 Å². The fourth-order valence-corrected chi connectivity index (χ4v) is 4.88. The highest BCUT2D eigenvalue weighted by Gasteiger charge is 2.64. The lowest BCUT2D eigenvalue weighted by molar-refractivity contribution is -0.217. The molecule has 0 bridgehead atoms. The Morgan fingerprint density at radius 3 is 2.54 bits per heavy atom. The van der Waals surface area contributed by atoms with Crippen molar-refractivity contribution in [2.45, 2.75) is 71.7 Å². The van der Waals surface area contributed by atoms with Gasteiger partial charge in [0, 0.05) is 18.4 Å². The third-order valence-corrected chi connectivity index (χ3v) is 6.79. The molecule has 0 aromatic heterocycles. The summed E-state index contributed by atoms with van der Waals surface area (Å²) >= 11 is 0. The third kappa shape index (κ3) is 4.55. The standard InChI is InChI=1S/C29H34O6/c1-17(2)7-6-8-20(5)22-10-9-21(14-23(22)30)16-28(33)26(32)13-19(4)15-29(28)34-25-12-18(3)11-24(31)27(25)35-29/h8-14,17,30-31,33H,6-7,15-16H2,1-5H3/t28-,29-/m0/s1. The molecule has 0 radical (unpaired) electrons. The average molecular weight is 479 g/mol. The number of aliphatic hydroxyl groups is 1. The number of allylic oxidation sites excluding steroid dienone is 2. The molecule has 1 spiro atoms. The number of hydrogen-bond donors (Lipinski definition) is 3. The lowest BCUT2D eigenvalue weighted by atomic mass is 9.75. The summed E-state index contributed by atoms with van der Waals surface area (Å²) in [6, 6.07) is 8.42. The van der Waals surface area contributed by atoms with Gasteiger partial charge in [-0.15, -0.1) is 0 Å². The Morgan fingerprint density at radius 2 is 1.86 bits per heavy atom. The summed E-state index contributed by atoms with van der Waals surface area (Å²) < 4.78 is 12.2. The highest BCUT2D eigenvalue weighted by Crippen LogP contribution is 2.53. The summed E-state index contributed by atoms with van der Waals surface area (Å²) in [6.07, 6.45) is 5.52. The molecule has 2 aromatic rings. The maximum atomic E-state index is 13.2. The molecular weight excluding hydrogens is 444 g/mol. The highest BCUT2D eigenvalue weighted by atomic mass is 16.7. The largest absolute Gasteiger partial charge is 0.507 e. The number of aromatic hydroxyl groups is 2. The van der Waals surface area contributed by atoms with Gasteiger partial charge in [-0.25, -0.2) is 0 Å². The van der Waals surface area contributed by atoms with Gasteiger partial charge in [0.2, 0.25) is 11.4 Å². The van der Waals surface area contributed by atoms with Crippen LogP contribution in [0.25, 0.3) is 5.57 Å². The molecule has 0 amide bonds. The van der Waals surface area contributed by atoms with Crippen molar-refractivity contribution in [1.82, 2.24) is 0 Å². The molecule has 0 unspecified atom stereocenters. The minimum Gasteiger partial charge on any atom is -0.507 e. The summed E-state index contributed by atoms with van der Waals surface area (Å²) in [5, 5.41) is 33.0. The Kier molecular flexibility index (Phi) is 6.45. The summed E-state index contributed by atoms with van der Waals surface area (Å²) in [7, 11) is 0. The van der Waals surface area contributed by atoms with E-state index in [2.05, 4.69) is 19.9 Å². The predicted octanol–water partition coefficient (Wildman–Crippen LogP) is 5.61. The lowest BCUT2D eigenvalue weighted by Crippen LogP contribution is -2.66. The zero-order chi connectivity index (χ0) is 25.5. The van der Waals surface area contributed by atoms with E-state index in [4.69, 9.17) is 9.47 Å². The van der Waals surface area contributed by atoms with Gasteiger partial charge in [-0.1, -0.05) is 37.6 Å². The number of benzene rings is 2. The van der Waals surface area contributed by atoms with Crippen molar-refractivity contribution in [2.24, 2.45) is 5.92 Å². The first-order valence-electron chi connectivity index (χ1n) is 12.1. The van der Waals surface area contributed by atoms with E-state index in [1.165, 1.54) is 6.08 Å². The zero-order valence-electron chi connectivity index (χ0n) is 21.0. The fraction of sp³-hybridized carbons (Fsp3) is 0.414. The van der Waals surface area contributed by atoms with Crippen LogP contribution in [-0.4, -0.2) is 32.5 Å². The van der Waals surface area contributed by atoms with E-state index >= 15 is 0 Å². The lowest BCUT2D eigenvalue weighted by Gasteiger charge is -2.43. The van der Waals surface area contributed by atoms with Crippen LogP contribution in [0.3, 0.4) is 0 Å². The summed E-state index contributed by atoms with van der Waals surface area (Å²) in [5.41, 5.74) is 1.64. The van der Waals surface area contributed by atoms with Crippen molar-refractivity contribution in [3.63, 3.8) is 0 Å². The van der Waals surface area contributed by atoms with E-state index in [1.54, 1.807) is 44.2 Å². The molecule has 1 heterocycles. The summed E-state index contributed by atoms with van der Waals surface area (Å²) in [5.74, 6) is -1.30. The normalized spacial score (nSPS) is 23.8. The molecule has 2 aromatic carbocycles. The van der Waals surface area contributed by atoms with Gasteiger partial charge in [-0.05, 0) is 80.5 Å². The van der Waals surface area contributed by atoms with Crippen LogP contribution >= 0.6 is 0 Å². The molecule has 3 N–H and O–H groups in total. The van der Waals surface area contributed by atoms with E-state index in [-0.39, 0.29) is 35.8 Å². The van der Waals surface area contributed by atoms with Crippen LogP contribution in [0, 0.1) is 12.8 Å². The maximum absolute atomic E-state index is 13.2. The molecule has 1 aliphatic carbocycles. The first-order chi connectivity index (χ1) is 16.4. The number of aryl methyl sites for hydroxylation is 1. The number of ketones is 1. The fourth-order valence-electron chi connectivity index (χ4n) is 4.88. The number of carbonyl (C=O) groups is 1. The van der Waals surface area contributed by atoms with Crippen molar-refractivity contribution in [1.29, 1.82) is 0 Å². The molecular formula is C29H34O6. The molecule has 186 valence electrons. The number of carbonyl (C=O) groups excluding carboxylic acids is 1. The van der Waals surface area contributed by atoms with Crippen LogP contribution in [0.1, 0.15) is 63.6 Å². The van der Waals surface area contributed by atoms with Crippen molar-refractivity contribution >= 4 is 11.4 Å². The van der Waals surface area contributed by atoms with Gasteiger partial charge in [0.05, 0.1) is 0 Å². The zero-order valence-corrected chi connectivity index (χ0v) is 21.0. The van der Waals surface area contributed by atoms with E-state index in [1.807, 2.05) is 6.92 Å². The van der Waals surface area contributed by atoms with Gasteiger partial charge >= 0.3 is 0 Å². The monoisotopic (exact) mass is 478 g/mol. The third-order valence-electron chi connectivity index (χ3n) is 6.79. The van der Waals surface area contributed by atoms with Crippen LogP contribution in [0.2, 0.25) is 0 Å². The minimum absolute atomic E-state index is 0.0817. The molecule has 0 fully saturated rings. The number of phenols is 2. The predicted molar refractivity (Wildman–Crippen MR) is 135 cm³/mol. The van der Waals surface area contributed by atoms with Crippen LogP contribution in [0.5, 0.6) is 23.0 Å². The molecule has 2 atom stereocenters. The van der Waals surface area contributed by atoms with E-state index < -0.39 is 17.2 Å². The van der Waals surface area contributed by atoms with Crippen LogP contribution in [0.15, 0.2) is 48.1 Å². The van der Waals surface area contributed by atoms with Crippen molar-refractivity contribution in [2.75, 3.05) is 0 Å². The molecule has 0 saturated heterocycles. The van der Waals surface area contributed by atoms with Gasteiger partial charge in [0.1, 0.15) is 5.75 Å². The van der Waals surface area contributed by atoms with Crippen LogP contribution < -0.4 is 9.47 Å². The van der Waals surface area contributed by atoms with Gasteiger partial charge in [0.15, 0.2) is 17.3 Å². The molecule has 4 rings (SSSR count). The van der Waals surface area contributed by atoms with E-state index in [0.717, 1.165) is 24.0 Å². The van der Waals surface area contributed by atoms with E-state index in [9.17, 15) is 20.1 Å². The van der Waals surface area contributed by atoms with E-state index in [0.29, 0.717) is 22.6 Å². The smallest absolute Gasteiger partial charge is 0.292 e. The Labute approximate surface area is 206 Å². The molecule has 0 saturated carbocycles. The number of ether oxygens (including phenoxy) is 2. The van der Waals surface area contributed by atoms with Crippen molar-refractivity contribution in [3.05, 3.63) is 64.7 Å². The average Bonchev–Trinajstić information content (AvgIpc) is 3.11. The first-order valence-corrected chi connectivity index (χ1v) is 12.1. The number of rotatable bonds is 6. The van der Waals surface area contributed by atoms with Gasteiger partial charge < -0.3 is 24.8 Å². The second-order valence-corrected chi connectivity index (χ2v) is 10.3. The molecule has 35 heavy (non-hydrogen) atoms. The quantitative estimate of drug-likeness (QED) is 0.500. The molecule has 2 aliphatic rings. The molecule has 6 nitrogen and oxygen atoms in total. The number of hydrogen-bond acceptors (Lipinski definition) is 6. The van der Waals surface area contributed by atoms with Crippen molar-refractivity contribution < 1.29 is 29.6 Å². The van der Waals surface area contributed by atoms with Gasteiger partial charge in [0.25, 0.3) is 5.79 Å². The Balaban J connectivity index is 1.66. The van der Waals surface area contributed by atoms with Crippen molar-refractivity contribution in [3.8, 4) is 23.0 Å². The maximum Gasteiger partial charge on any atom is 0.292 e. The number of phenolic OH excluding ortho intramolecular Hbond substituents is 2.